The molecule has 1 aromatic carbocycles. The van der Waals surface area contributed by atoms with Crippen molar-refractivity contribution < 1.29 is 14.4 Å². The van der Waals surface area contributed by atoms with Crippen LogP contribution in [0.4, 0.5) is 11.4 Å². The quantitative estimate of drug-likeness (QED) is 0.704. The fourth-order valence-electron chi connectivity index (χ4n) is 2.22. The van der Waals surface area contributed by atoms with E-state index in [1.165, 1.54) is 0 Å². The van der Waals surface area contributed by atoms with Gasteiger partial charge in [0.1, 0.15) is 0 Å². The summed E-state index contributed by atoms with van der Waals surface area (Å²) in [6.45, 7) is 0.678. The van der Waals surface area contributed by atoms with E-state index in [0.717, 1.165) is 12.1 Å². The highest BCUT2D eigenvalue weighted by Gasteiger charge is 2.22. The van der Waals surface area contributed by atoms with Crippen molar-refractivity contribution in [3.05, 3.63) is 24.3 Å². The van der Waals surface area contributed by atoms with Gasteiger partial charge in [-0.1, -0.05) is 6.07 Å². The number of nitrogens with zero attached hydrogens (tertiary/aromatic N) is 1. The molecule has 7 heteroatoms. The van der Waals surface area contributed by atoms with Crippen LogP contribution in [0, 0.1) is 0 Å². The second-order valence-corrected chi connectivity index (χ2v) is 4.97. The van der Waals surface area contributed by atoms with E-state index in [1.54, 1.807) is 23.1 Å². The number of carbonyl (C=O) groups is 3. The Bertz CT molecular complexity index is 573. The summed E-state index contributed by atoms with van der Waals surface area (Å²) >= 11 is 0. The fourth-order valence-corrected chi connectivity index (χ4v) is 2.22. The van der Waals surface area contributed by atoms with Gasteiger partial charge in [0, 0.05) is 24.3 Å². The first-order valence-electron chi connectivity index (χ1n) is 6.72. The second kappa shape index (κ2) is 6.36. The molecule has 5 N–H and O–H groups in total. The zero-order valence-electron chi connectivity index (χ0n) is 11.5. The summed E-state index contributed by atoms with van der Waals surface area (Å²) in [5, 5.41) is 2.62. The van der Waals surface area contributed by atoms with Crippen molar-refractivity contribution in [2.75, 3.05) is 16.8 Å². The minimum Gasteiger partial charge on any atom is -0.370 e. The zero-order chi connectivity index (χ0) is 15.4. The first-order chi connectivity index (χ1) is 9.97. The first kappa shape index (κ1) is 15.0. The molecule has 3 amide bonds. The number of benzene rings is 1. The highest BCUT2D eigenvalue weighted by atomic mass is 16.2. The minimum atomic E-state index is -0.987. The Morgan fingerprint density at radius 3 is 2.76 bits per heavy atom. The lowest BCUT2D eigenvalue weighted by molar-refractivity contribution is -0.123. The van der Waals surface area contributed by atoms with E-state index in [1.807, 2.05) is 6.07 Å². The van der Waals surface area contributed by atoms with Gasteiger partial charge in [0.2, 0.25) is 17.7 Å². The van der Waals surface area contributed by atoms with Crippen LogP contribution in [0.25, 0.3) is 0 Å². The molecule has 1 aliphatic rings. The largest absolute Gasteiger partial charge is 0.370 e. The van der Waals surface area contributed by atoms with Crippen LogP contribution in [-0.2, 0) is 14.4 Å². The van der Waals surface area contributed by atoms with Crippen LogP contribution in [0.1, 0.15) is 19.3 Å². The van der Waals surface area contributed by atoms with Gasteiger partial charge in [0.05, 0.1) is 12.5 Å². The average Bonchev–Trinajstić information content (AvgIpc) is 2.84. The molecule has 0 aromatic heterocycles. The second-order valence-electron chi connectivity index (χ2n) is 4.97. The van der Waals surface area contributed by atoms with Crippen molar-refractivity contribution in [2.24, 2.45) is 11.5 Å². The third-order valence-corrected chi connectivity index (χ3v) is 3.26. The van der Waals surface area contributed by atoms with Gasteiger partial charge in [0.25, 0.3) is 0 Å². The molecule has 1 saturated heterocycles. The molecule has 1 atom stereocenters. The summed E-state index contributed by atoms with van der Waals surface area (Å²) in [4.78, 5) is 36.0. The normalized spacial score (nSPS) is 15.9. The number of rotatable bonds is 5. The molecule has 21 heavy (non-hydrogen) atoms. The number of hydrogen-bond donors (Lipinski definition) is 3. The third-order valence-electron chi connectivity index (χ3n) is 3.26. The Morgan fingerprint density at radius 1 is 1.38 bits per heavy atom. The van der Waals surface area contributed by atoms with Gasteiger partial charge < -0.3 is 21.7 Å². The molecule has 7 nitrogen and oxygen atoms in total. The SMILES string of the molecule is NC(=O)CC(N)C(=O)Nc1cccc(N2CCCC2=O)c1. The topological polar surface area (TPSA) is 119 Å². The molecular formula is C14H18N4O3. The van der Waals surface area contributed by atoms with Crippen molar-refractivity contribution >= 4 is 29.1 Å². The predicted molar refractivity (Wildman–Crippen MR) is 78.4 cm³/mol. The number of primary amides is 1. The zero-order valence-corrected chi connectivity index (χ0v) is 11.5. The van der Waals surface area contributed by atoms with Gasteiger partial charge in [-0.15, -0.1) is 0 Å². The molecule has 0 bridgehead atoms. The van der Waals surface area contributed by atoms with Crippen molar-refractivity contribution in [3.8, 4) is 0 Å². The molecule has 0 spiro atoms. The van der Waals surface area contributed by atoms with Crippen LogP contribution >= 0.6 is 0 Å². The lowest BCUT2D eigenvalue weighted by Gasteiger charge is -2.17. The van der Waals surface area contributed by atoms with E-state index in [0.29, 0.717) is 18.7 Å². The number of nitrogens with two attached hydrogens (primary N) is 2. The number of nitrogens with one attached hydrogen (secondary N) is 1. The summed E-state index contributed by atoms with van der Waals surface area (Å²) in [6.07, 6.45) is 1.16. The predicted octanol–water partition coefficient (Wildman–Crippen LogP) is -0.0454. The molecule has 0 saturated carbocycles. The Labute approximate surface area is 122 Å². The Morgan fingerprint density at radius 2 is 2.14 bits per heavy atom. The number of hydrogen-bond acceptors (Lipinski definition) is 4. The Hall–Kier alpha value is -2.41. The van der Waals surface area contributed by atoms with Gasteiger partial charge in [0.15, 0.2) is 0 Å². The van der Waals surface area contributed by atoms with Gasteiger partial charge in [-0.3, -0.25) is 14.4 Å². The maximum Gasteiger partial charge on any atom is 0.241 e. The van der Waals surface area contributed by atoms with Gasteiger partial charge in [-0.2, -0.15) is 0 Å². The van der Waals surface area contributed by atoms with Crippen LogP contribution in [0.5, 0.6) is 0 Å². The maximum atomic E-state index is 11.8. The average molecular weight is 290 g/mol. The summed E-state index contributed by atoms with van der Waals surface area (Å²) in [7, 11) is 0. The van der Waals surface area contributed by atoms with E-state index in [9.17, 15) is 14.4 Å². The smallest absolute Gasteiger partial charge is 0.241 e. The summed E-state index contributed by atoms with van der Waals surface area (Å²) in [6, 6.07) is 5.97. The van der Waals surface area contributed by atoms with Crippen LogP contribution in [0.2, 0.25) is 0 Å². The third kappa shape index (κ3) is 3.79. The van der Waals surface area contributed by atoms with Crippen molar-refractivity contribution in [1.82, 2.24) is 0 Å². The summed E-state index contributed by atoms with van der Waals surface area (Å²) < 4.78 is 0. The molecule has 0 aliphatic carbocycles. The molecular weight excluding hydrogens is 272 g/mol. The lowest BCUT2D eigenvalue weighted by Crippen LogP contribution is -2.39. The fraction of sp³-hybridized carbons (Fsp3) is 0.357. The number of carbonyl (C=O) groups excluding carboxylic acids is 3. The molecule has 2 rings (SSSR count). The molecule has 1 aromatic rings. The van der Waals surface area contributed by atoms with E-state index in [4.69, 9.17) is 11.5 Å². The first-order valence-corrected chi connectivity index (χ1v) is 6.72. The van der Waals surface area contributed by atoms with Gasteiger partial charge in [-0.25, -0.2) is 0 Å². The lowest BCUT2D eigenvalue weighted by atomic mass is 10.2. The van der Waals surface area contributed by atoms with Gasteiger partial charge >= 0.3 is 0 Å². The van der Waals surface area contributed by atoms with E-state index in [-0.39, 0.29) is 12.3 Å². The van der Waals surface area contributed by atoms with Gasteiger partial charge in [-0.05, 0) is 24.6 Å². The van der Waals surface area contributed by atoms with E-state index in [2.05, 4.69) is 5.32 Å². The van der Waals surface area contributed by atoms with Crippen LogP contribution in [0.3, 0.4) is 0 Å². The van der Waals surface area contributed by atoms with Crippen molar-refractivity contribution in [3.63, 3.8) is 0 Å². The van der Waals surface area contributed by atoms with Crippen molar-refractivity contribution in [1.29, 1.82) is 0 Å². The standard InChI is InChI=1S/C14H18N4O3/c15-11(8-12(16)19)14(21)17-9-3-1-4-10(7-9)18-6-2-5-13(18)20/h1,3-4,7,11H,2,5-6,8,15H2,(H2,16,19)(H,17,21). The Balaban J connectivity index is 2.06. The molecule has 1 unspecified atom stereocenters. The Kier molecular flexibility index (Phi) is 4.54. The number of amides is 3. The van der Waals surface area contributed by atoms with E-state index < -0.39 is 17.9 Å². The minimum absolute atomic E-state index is 0.0731. The van der Waals surface area contributed by atoms with Crippen LogP contribution in [-0.4, -0.2) is 30.3 Å². The summed E-state index contributed by atoms with van der Waals surface area (Å²) in [5.74, 6) is -1.04. The van der Waals surface area contributed by atoms with Crippen molar-refractivity contribution in [2.45, 2.75) is 25.3 Å². The molecule has 112 valence electrons. The maximum absolute atomic E-state index is 11.8. The molecule has 0 radical (unpaired) electrons. The van der Waals surface area contributed by atoms with E-state index >= 15 is 0 Å². The number of anilines is 2. The molecule has 1 heterocycles. The highest BCUT2D eigenvalue weighted by Crippen LogP contribution is 2.24. The summed E-state index contributed by atoms with van der Waals surface area (Å²) in [5.41, 5.74) is 11.8. The highest BCUT2D eigenvalue weighted by molar-refractivity contribution is 5.99. The van der Waals surface area contributed by atoms with Crippen LogP contribution < -0.4 is 21.7 Å². The molecule has 1 fully saturated rings. The molecule has 1 aliphatic heterocycles. The monoisotopic (exact) mass is 290 g/mol. The van der Waals surface area contributed by atoms with Crippen LogP contribution in [0.15, 0.2) is 24.3 Å².